The molecule has 0 spiro atoms. The van der Waals surface area contributed by atoms with E-state index in [1.54, 1.807) is 0 Å². The van der Waals surface area contributed by atoms with Crippen molar-refractivity contribution in [2.75, 3.05) is 30.6 Å². The third-order valence-corrected chi connectivity index (χ3v) is 2.36. The van der Waals surface area contributed by atoms with Crippen molar-refractivity contribution >= 4 is 11.6 Å². The van der Waals surface area contributed by atoms with Gasteiger partial charge in [0.05, 0.1) is 0 Å². The summed E-state index contributed by atoms with van der Waals surface area (Å²) in [4.78, 5) is 2.02. The minimum atomic E-state index is 0.201. The van der Waals surface area contributed by atoms with Crippen LogP contribution in [0.3, 0.4) is 0 Å². The molecular weight excluding hydrogens is 204 g/mol. The molecule has 2 aromatic rings. The van der Waals surface area contributed by atoms with E-state index in [2.05, 4.69) is 10.2 Å². The molecule has 0 fully saturated rings. The summed E-state index contributed by atoms with van der Waals surface area (Å²) in [7, 11) is 3.97. The molecule has 0 aliphatic heterocycles. The summed E-state index contributed by atoms with van der Waals surface area (Å²) in [5.41, 5.74) is 7.51. The van der Waals surface area contributed by atoms with E-state index < -0.39 is 0 Å². The number of hydrogen-bond acceptors (Lipinski definition) is 5. The van der Waals surface area contributed by atoms with Crippen LogP contribution in [0.1, 0.15) is 0 Å². The van der Waals surface area contributed by atoms with Crippen LogP contribution in [0.25, 0.3) is 11.4 Å². The molecule has 84 valence electrons. The Balaban J connectivity index is 2.38. The van der Waals surface area contributed by atoms with E-state index in [-0.39, 0.29) is 5.95 Å². The van der Waals surface area contributed by atoms with E-state index in [0.717, 1.165) is 11.3 Å². The van der Waals surface area contributed by atoms with Crippen LogP contribution in [0.5, 0.6) is 0 Å². The fourth-order valence-electron chi connectivity index (χ4n) is 1.41. The lowest BCUT2D eigenvalue weighted by molar-refractivity contribution is 1.02. The van der Waals surface area contributed by atoms with E-state index >= 15 is 0 Å². The minimum absolute atomic E-state index is 0.201. The second-order valence-electron chi connectivity index (χ2n) is 3.69. The van der Waals surface area contributed by atoms with Crippen LogP contribution >= 0.6 is 0 Å². The van der Waals surface area contributed by atoms with Crippen molar-refractivity contribution in [2.24, 2.45) is 0 Å². The van der Waals surface area contributed by atoms with E-state index in [1.165, 1.54) is 4.68 Å². The van der Waals surface area contributed by atoms with Crippen LogP contribution in [0.2, 0.25) is 0 Å². The maximum Gasteiger partial charge on any atom is 0.241 e. The number of nitrogens with zero attached hydrogens (tertiary/aromatic N) is 4. The van der Waals surface area contributed by atoms with Gasteiger partial charge in [0.25, 0.3) is 0 Å². The number of nitrogen functional groups attached to an aromatic ring is 2. The Morgan fingerprint density at radius 3 is 2.19 bits per heavy atom. The van der Waals surface area contributed by atoms with Gasteiger partial charge >= 0.3 is 0 Å². The summed E-state index contributed by atoms with van der Waals surface area (Å²) in [6.07, 6.45) is 0. The molecule has 0 saturated carbocycles. The van der Waals surface area contributed by atoms with E-state index in [0.29, 0.717) is 5.82 Å². The Labute approximate surface area is 93.5 Å². The summed E-state index contributed by atoms with van der Waals surface area (Å²) < 4.78 is 1.27. The maximum absolute atomic E-state index is 5.69. The molecule has 1 aromatic heterocycles. The summed E-state index contributed by atoms with van der Waals surface area (Å²) >= 11 is 0. The van der Waals surface area contributed by atoms with Crippen molar-refractivity contribution in [3.63, 3.8) is 0 Å². The van der Waals surface area contributed by atoms with Gasteiger partial charge in [-0.2, -0.15) is 0 Å². The Kier molecular flexibility index (Phi) is 2.40. The molecular formula is C10H14N6. The van der Waals surface area contributed by atoms with Crippen molar-refractivity contribution in [1.82, 2.24) is 14.9 Å². The highest BCUT2D eigenvalue weighted by atomic mass is 15.4. The number of hydrogen-bond donors (Lipinski definition) is 2. The molecule has 0 saturated heterocycles. The van der Waals surface area contributed by atoms with Gasteiger partial charge in [-0.25, -0.2) is 4.68 Å². The van der Waals surface area contributed by atoms with E-state index in [9.17, 15) is 0 Å². The Hall–Kier alpha value is -2.24. The highest BCUT2D eigenvalue weighted by Gasteiger charge is 2.08. The third-order valence-electron chi connectivity index (χ3n) is 2.36. The van der Waals surface area contributed by atoms with E-state index in [4.69, 9.17) is 11.6 Å². The molecule has 0 radical (unpaired) electrons. The van der Waals surface area contributed by atoms with Gasteiger partial charge in [-0.3, -0.25) is 0 Å². The van der Waals surface area contributed by atoms with Crippen LogP contribution in [0, 0.1) is 0 Å². The molecule has 0 aliphatic rings. The zero-order chi connectivity index (χ0) is 11.7. The smallest absolute Gasteiger partial charge is 0.241 e. The molecule has 0 aliphatic carbocycles. The first kappa shape index (κ1) is 10.3. The van der Waals surface area contributed by atoms with Gasteiger partial charge in [0.2, 0.25) is 5.95 Å². The summed E-state index contributed by atoms with van der Waals surface area (Å²) in [5, 5.41) is 7.61. The van der Waals surface area contributed by atoms with Gasteiger partial charge in [-0.15, -0.1) is 10.2 Å². The molecule has 1 heterocycles. The van der Waals surface area contributed by atoms with Crippen LogP contribution in [-0.2, 0) is 0 Å². The monoisotopic (exact) mass is 218 g/mol. The zero-order valence-electron chi connectivity index (χ0n) is 9.25. The largest absolute Gasteiger partial charge is 0.378 e. The number of anilines is 2. The molecule has 6 heteroatoms. The predicted molar refractivity (Wildman–Crippen MR) is 64.3 cm³/mol. The normalized spacial score (nSPS) is 10.4. The van der Waals surface area contributed by atoms with Gasteiger partial charge in [-0.1, -0.05) is 0 Å². The Morgan fingerprint density at radius 2 is 1.75 bits per heavy atom. The predicted octanol–water partition coefficient (Wildman–Crippen LogP) is 0.307. The van der Waals surface area contributed by atoms with Gasteiger partial charge in [0, 0.05) is 25.3 Å². The van der Waals surface area contributed by atoms with Crippen LogP contribution < -0.4 is 16.5 Å². The van der Waals surface area contributed by atoms with Crippen LogP contribution in [0.4, 0.5) is 11.6 Å². The lowest BCUT2D eigenvalue weighted by Crippen LogP contribution is -2.13. The Morgan fingerprint density at radius 1 is 1.12 bits per heavy atom. The number of nitrogens with two attached hydrogens (primary N) is 2. The summed E-state index contributed by atoms with van der Waals surface area (Å²) in [6, 6.07) is 7.84. The van der Waals surface area contributed by atoms with Gasteiger partial charge < -0.3 is 16.5 Å². The second kappa shape index (κ2) is 3.73. The van der Waals surface area contributed by atoms with Crippen molar-refractivity contribution in [3.05, 3.63) is 24.3 Å². The van der Waals surface area contributed by atoms with Gasteiger partial charge in [0.1, 0.15) is 0 Å². The van der Waals surface area contributed by atoms with Gasteiger partial charge in [-0.05, 0) is 24.3 Å². The van der Waals surface area contributed by atoms with Crippen LogP contribution in [-0.4, -0.2) is 29.0 Å². The molecule has 0 atom stereocenters. The second-order valence-corrected chi connectivity index (χ2v) is 3.69. The minimum Gasteiger partial charge on any atom is -0.378 e. The van der Waals surface area contributed by atoms with Crippen molar-refractivity contribution in [2.45, 2.75) is 0 Å². The van der Waals surface area contributed by atoms with Crippen molar-refractivity contribution < 1.29 is 0 Å². The highest BCUT2D eigenvalue weighted by molar-refractivity contribution is 5.61. The zero-order valence-corrected chi connectivity index (χ0v) is 9.25. The van der Waals surface area contributed by atoms with Gasteiger partial charge in [0.15, 0.2) is 5.82 Å². The average molecular weight is 218 g/mol. The fraction of sp³-hybridized carbons (Fsp3) is 0.200. The first-order chi connectivity index (χ1) is 7.59. The summed E-state index contributed by atoms with van der Waals surface area (Å²) in [5.74, 6) is 6.45. The molecule has 0 unspecified atom stereocenters. The highest BCUT2D eigenvalue weighted by Crippen LogP contribution is 2.20. The Bertz CT molecular complexity index is 485. The number of aromatic nitrogens is 3. The lowest BCUT2D eigenvalue weighted by atomic mass is 10.2. The molecule has 16 heavy (non-hydrogen) atoms. The third kappa shape index (κ3) is 1.65. The molecule has 4 N–H and O–H groups in total. The lowest BCUT2D eigenvalue weighted by Gasteiger charge is -2.12. The topological polar surface area (TPSA) is 86.0 Å². The van der Waals surface area contributed by atoms with Crippen molar-refractivity contribution in [3.8, 4) is 11.4 Å². The first-order valence-corrected chi connectivity index (χ1v) is 4.83. The van der Waals surface area contributed by atoms with Crippen molar-refractivity contribution in [1.29, 1.82) is 0 Å². The SMILES string of the molecule is CN(C)c1ccc(-c2nnc(N)n2N)cc1. The summed E-state index contributed by atoms with van der Waals surface area (Å²) in [6.45, 7) is 0. The molecule has 0 amide bonds. The molecule has 2 rings (SSSR count). The van der Waals surface area contributed by atoms with Crippen LogP contribution in [0.15, 0.2) is 24.3 Å². The first-order valence-electron chi connectivity index (χ1n) is 4.83. The average Bonchev–Trinajstić information content (AvgIpc) is 2.60. The fourth-order valence-corrected chi connectivity index (χ4v) is 1.41. The quantitative estimate of drug-likeness (QED) is 0.708. The molecule has 6 nitrogen and oxygen atoms in total. The standard InChI is InChI=1S/C10H14N6/c1-15(2)8-5-3-7(4-6-8)9-13-14-10(11)16(9)12/h3-6H,12H2,1-2H3,(H2,11,14). The maximum atomic E-state index is 5.69. The molecule has 0 bridgehead atoms. The van der Waals surface area contributed by atoms with E-state index in [1.807, 2.05) is 43.3 Å². The number of benzene rings is 1. The molecule has 1 aromatic carbocycles. The number of rotatable bonds is 2.